The van der Waals surface area contributed by atoms with Crippen molar-refractivity contribution < 1.29 is 14.3 Å². The second kappa shape index (κ2) is 9.27. The van der Waals surface area contributed by atoms with Crippen LogP contribution >= 0.6 is 0 Å². The maximum Gasteiger partial charge on any atom is 0.237 e. The van der Waals surface area contributed by atoms with Gasteiger partial charge in [-0.1, -0.05) is 30.3 Å². The molecule has 5 heteroatoms. The maximum absolute atomic E-state index is 11.5. The van der Waals surface area contributed by atoms with Crippen molar-refractivity contribution in [1.29, 1.82) is 0 Å². The SMILES string of the molecule is COC(CNCC(=O)NC=Cc1ccccc1)OC. The average Bonchev–Trinajstić information content (AvgIpc) is 2.45. The number of hydrogen-bond donors (Lipinski definition) is 2. The molecule has 0 bridgehead atoms. The molecule has 0 aliphatic rings. The van der Waals surface area contributed by atoms with Crippen molar-refractivity contribution in [3.05, 3.63) is 42.1 Å². The lowest BCUT2D eigenvalue weighted by atomic mass is 10.2. The Morgan fingerprint density at radius 3 is 2.58 bits per heavy atom. The van der Waals surface area contributed by atoms with Gasteiger partial charge in [0.05, 0.1) is 6.54 Å². The van der Waals surface area contributed by atoms with E-state index in [1.165, 1.54) is 0 Å². The van der Waals surface area contributed by atoms with E-state index in [4.69, 9.17) is 9.47 Å². The molecule has 0 saturated heterocycles. The number of hydrogen-bond acceptors (Lipinski definition) is 4. The van der Waals surface area contributed by atoms with E-state index in [-0.39, 0.29) is 18.7 Å². The van der Waals surface area contributed by atoms with Crippen LogP contribution in [0.15, 0.2) is 36.5 Å². The van der Waals surface area contributed by atoms with Crippen LogP contribution in [0.1, 0.15) is 5.56 Å². The fourth-order valence-electron chi connectivity index (χ4n) is 1.41. The van der Waals surface area contributed by atoms with E-state index in [1.54, 1.807) is 20.4 Å². The molecule has 1 amide bonds. The molecule has 1 aromatic carbocycles. The Labute approximate surface area is 113 Å². The summed E-state index contributed by atoms with van der Waals surface area (Å²) in [5.74, 6) is -0.113. The second-order valence-electron chi connectivity index (χ2n) is 3.84. The molecule has 0 unspecified atom stereocenters. The summed E-state index contributed by atoms with van der Waals surface area (Å²) in [6.45, 7) is 0.672. The van der Waals surface area contributed by atoms with Crippen molar-refractivity contribution >= 4 is 12.0 Å². The number of rotatable bonds is 8. The fraction of sp³-hybridized carbons (Fsp3) is 0.357. The van der Waals surface area contributed by atoms with Crippen LogP contribution in [0, 0.1) is 0 Å². The highest BCUT2D eigenvalue weighted by atomic mass is 16.7. The van der Waals surface area contributed by atoms with Gasteiger partial charge in [-0.2, -0.15) is 0 Å². The third-order valence-electron chi connectivity index (χ3n) is 2.44. The Balaban J connectivity index is 2.19. The summed E-state index contributed by atoms with van der Waals surface area (Å²) >= 11 is 0. The molecular weight excluding hydrogens is 244 g/mol. The molecule has 1 rings (SSSR count). The van der Waals surface area contributed by atoms with E-state index in [0.717, 1.165) is 5.56 Å². The lowest BCUT2D eigenvalue weighted by Crippen LogP contribution is -2.36. The van der Waals surface area contributed by atoms with Crippen LogP contribution < -0.4 is 10.6 Å². The first kappa shape index (κ1) is 15.4. The highest BCUT2D eigenvalue weighted by Crippen LogP contribution is 1.99. The van der Waals surface area contributed by atoms with Crippen LogP contribution in [-0.2, 0) is 14.3 Å². The molecule has 0 saturated carbocycles. The molecule has 0 aliphatic heterocycles. The third kappa shape index (κ3) is 6.71. The molecule has 5 nitrogen and oxygen atoms in total. The van der Waals surface area contributed by atoms with Crippen molar-refractivity contribution in [2.24, 2.45) is 0 Å². The van der Waals surface area contributed by atoms with Crippen LogP contribution in [0.4, 0.5) is 0 Å². The topological polar surface area (TPSA) is 59.6 Å². The molecule has 2 N–H and O–H groups in total. The van der Waals surface area contributed by atoms with Gasteiger partial charge in [-0.25, -0.2) is 0 Å². The van der Waals surface area contributed by atoms with Crippen LogP contribution in [-0.4, -0.2) is 39.5 Å². The third-order valence-corrected chi connectivity index (χ3v) is 2.44. The predicted molar refractivity (Wildman–Crippen MR) is 74.3 cm³/mol. The molecule has 1 aromatic rings. The summed E-state index contributed by atoms with van der Waals surface area (Å²) in [5, 5.41) is 5.62. The van der Waals surface area contributed by atoms with Crippen LogP contribution in [0.2, 0.25) is 0 Å². The number of amides is 1. The fourth-order valence-corrected chi connectivity index (χ4v) is 1.41. The van der Waals surface area contributed by atoms with E-state index < -0.39 is 0 Å². The Morgan fingerprint density at radius 1 is 1.26 bits per heavy atom. The molecule has 0 spiro atoms. The van der Waals surface area contributed by atoms with Gasteiger partial charge in [0.1, 0.15) is 0 Å². The number of carbonyl (C=O) groups is 1. The number of ether oxygens (including phenoxy) is 2. The Bertz CT molecular complexity index is 389. The first-order chi connectivity index (χ1) is 9.26. The van der Waals surface area contributed by atoms with Crippen molar-refractivity contribution in [2.45, 2.75) is 6.29 Å². The monoisotopic (exact) mass is 264 g/mol. The lowest BCUT2D eigenvalue weighted by molar-refractivity contribution is -0.120. The summed E-state index contributed by atoms with van der Waals surface area (Å²) in [7, 11) is 3.11. The van der Waals surface area contributed by atoms with Gasteiger partial charge in [0.2, 0.25) is 5.91 Å². The van der Waals surface area contributed by atoms with Crippen molar-refractivity contribution in [3.8, 4) is 0 Å². The first-order valence-electron chi connectivity index (χ1n) is 6.03. The molecule has 19 heavy (non-hydrogen) atoms. The predicted octanol–water partition coefficient (Wildman–Crippen LogP) is 0.982. The van der Waals surface area contributed by atoms with Crippen molar-refractivity contribution in [2.75, 3.05) is 27.3 Å². The average molecular weight is 264 g/mol. The van der Waals surface area contributed by atoms with Gasteiger partial charge in [0.25, 0.3) is 0 Å². The number of benzene rings is 1. The zero-order valence-corrected chi connectivity index (χ0v) is 11.3. The van der Waals surface area contributed by atoms with Gasteiger partial charge in [-0.15, -0.1) is 0 Å². The molecule has 0 aliphatic carbocycles. The number of methoxy groups -OCH3 is 2. The standard InChI is InChI=1S/C14H20N2O3/c1-18-14(19-2)11-15-10-13(17)16-9-8-12-6-4-3-5-7-12/h3-9,14-15H,10-11H2,1-2H3,(H,16,17). The van der Waals surface area contributed by atoms with Crippen LogP contribution in [0.25, 0.3) is 6.08 Å². The van der Waals surface area contributed by atoms with E-state index in [9.17, 15) is 4.79 Å². The number of carbonyl (C=O) groups excluding carboxylic acids is 1. The lowest BCUT2D eigenvalue weighted by Gasteiger charge is -2.13. The normalized spacial score (nSPS) is 11.1. The minimum atomic E-state index is -0.340. The molecular formula is C14H20N2O3. The first-order valence-corrected chi connectivity index (χ1v) is 6.03. The summed E-state index contributed by atoms with van der Waals surface area (Å²) in [5.41, 5.74) is 1.04. The summed E-state index contributed by atoms with van der Waals surface area (Å²) in [6.07, 6.45) is 3.13. The Kier molecular flexibility index (Phi) is 7.50. The summed E-state index contributed by atoms with van der Waals surface area (Å²) in [4.78, 5) is 11.5. The summed E-state index contributed by atoms with van der Waals surface area (Å²) in [6, 6.07) is 9.75. The zero-order valence-electron chi connectivity index (χ0n) is 11.3. The van der Waals surface area contributed by atoms with E-state index in [0.29, 0.717) is 6.54 Å². The van der Waals surface area contributed by atoms with Gasteiger partial charge in [-0.3, -0.25) is 4.79 Å². The Hall–Kier alpha value is -1.69. The second-order valence-corrected chi connectivity index (χ2v) is 3.84. The minimum absolute atomic E-state index is 0.113. The largest absolute Gasteiger partial charge is 0.355 e. The summed E-state index contributed by atoms with van der Waals surface area (Å²) < 4.78 is 9.98. The van der Waals surface area contributed by atoms with E-state index in [1.807, 2.05) is 36.4 Å². The number of nitrogens with one attached hydrogen (secondary N) is 2. The van der Waals surface area contributed by atoms with E-state index >= 15 is 0 Å². The van der Waals surface area contributed by atoms with Crippen molar-refractivity contribution in [3.63, 3.8) is 0 Å². The molecule has 0 radical (unpaired) electrons. The Morgan fingerprint density at radius 2 is 1.95 bits per heavy atom. The highest BCUT2D eigenvalue weighted by molar-refractivity contribution is 5.79. The van der Waals surface area contributed by atoms with Crippen molar-refractivity contribution in [1.82, 2.24) is 10.6 Å². The van der Waals surface area contributed by atoms with Gasteiger partial charge >= 0.3 is 0 Å². The molecule has 0 heterocycles. The molecule has 0 fully saturated rings. The van der Waals surface area contributed by atoms with Gasteiger partial charge in [0, 0.05) is 27.0 Å². The minimum Gasteiger partial charge on any atom is -0.355 e. The van der Waals surface area contributed by atoms with Gasteiger partial charge < -0.3 is 20.1 Å². The maximum atomic E-state index is 11.5. The smallest absolute Gasteiger partial charge is 0.237 e. The quantitative estimate of drug-likeness (QED) is 0.687. The van der Waals surface area contributed by atoms with Crippen LogP contribution in [0.3, 0.4) is 0 Å². The molecule has 104 valence electrons. The van der Waals surface area contributed by atoms with Gasteiger partial charge in [-0.05, 0) is 11.6 Å². The van der Waals surface area contributed by atoms with Gasteiger partial charge in [0.15, 0.2) is 6.29 Å². The highest BCUT2D eigenvalue weighted by Gasteiger charge is 2.05. The molecule has 0 atom stereocenters. The molecule has 0 aromatic heterocycles. The van der Waals surface area contributed by atoms with Crippen LogP contribution in [0.5, 0.6) is 0 Å². The zero-order chi connectivity index (χ0) is 13.9. The van der Waals surface area contributed by atoms with E-state index in [2.05, 4.69) is 10.6 Å².